The lowest BCUT2D eigenvalue weighted by Gasteiger charge is -2.13. The van der Waals surface area contributed by atoms with Crippen LogP contribution in [0.4, 0.5) is 0 Å². The van der Waals surface area contributed by atoms with Gasteiger partial charge in [-0.3, -0.25) is 4.98 Å². The molecule has 5 rings (SSSR count). The minimum atomic E-state index is 0.875. The van der Waals surface area contributed by atoms with Gasteiger partial charge in [0.25, 0.3) is 0 Å². The molecule has 0 bridgehead atoms. The number of rotatable bonds is 4. The van der Waals surface area contributed by atoms with Crippen molar-refractivity contribution in [3.05, 3.63) is 121 Å². The Bertz CT molecular complexity index is 1310. The summed E-state index contributed by atoms with van der Waals surface area (Å²) in [4.78, 5) is 9.95. The normalized spacial score (nSPS) is 10.7. The number of aryl methyl sites for hydroxylation is 1. The molecule has 2 heteroatoms. The molecule has 0 fully saturated rings. The van der Waals surface area contributed by atoms with Crippen LogP contribution in [0, 0.1) is 6.92 Å². The summed E-state index contributed by atoms with van der Waals surface area (Å²) in [5.41, 5.74) is 9.49. The zero-order valence-corrected chi connectivity index (χ0v) is 17.4. The second-order valence-corrected chi connectivity index (χ2v) is 7.58. The van der Waals surface area contributed by atoms with Crippen LogP contribution in [0.3, 0.4) is 0 Å². The van der Waals surface area contributed by atoms with Crippen LogP contribution in [0.25, 0.3) is 44.9 Å². The fraction of sp³-hybridized carbons (Fsp3) is 0.0345. The van der Waals surface area contributed by atoms with Crippen molar-refractivity contribution in [1.29, 1.82) is 0 Å². The quantitative estimate of drug-likeness (QED) is 0.314. The third kappa shape index (κ3) is 3.88. The maximum Gasteiger partial charge on any atom is 0.0972 e. The molecule has 31 heavy (non-hydrogen) atoms. The summed E-state index contributed by atoms with van der Waals surface area (Å²) < 4.78 is 0. The van der Waals surface area contributed by atoms with Gasteiger partial charge in [-0.25, -0.2) is 4.98 Å². The van der Waals surface area contributed by atoms with Crippen molar-refractivity contribution in [2.24, 2.45) is 0 Å². The first-order valence-electron chi connectivity index (χ1n) is 10.4. The van der Waals surface area contributed by atoms with E-state index in [9.17, 15) is 0 Å². The van der Waals surface area contributed by atoms with E-state index in [1.807, 2.05) is 30.5 Å². The SMILES string of the molecule is Cc1ccccc1-c1ncc(-c2ccccc2)nc1-c1ccc(-c2ccccc2)cc1. The molecule has 0 saturated heterocycles. The minimum Gasteiger partial charge on any atom is -0.252 e. The molecule has 148 valence electrons. The van der Waals surface area contributed by atoms with Gasteiger partial charge in [-0.1, -0.05) is 109 Å². The zero-order valence-electron chi connectivity index (χ0n) is 17.4. The molecule has 0 aliphatic carbocycles. The Morgan fingerprint density at radius 1 is 0.484 bits per heavy atom. The third-order valence-corrected chi connectivity index (χ3v) is 5.51. The van der Waals surface area contributed by atoms with E-state index in [0.29, 0.717) is 0 Å². The van der Waals surface area contributed by atoms with Crippen LogP contribution in [0.2, 0.25) is 0 Å². The standard InChI is InChI=1S/C29H22N2/c1-21-10-8-9-15-26(21)29-28(31-27(20-30-29)24-13-6-3-7-14-24)25-18-16-23(17-19-25)22-11-4-2-5-12-22/h2-20H,1H3. The highest BCUT2D eigenvalue weighted by Gasteiger charge is 2.15. The van der Waals surface area contributed by atoms with Gasteiger partial charge in [0, 0.05) is 16.7 Å². The fourth-order valence-corrected chi connectivity index (χ4v) is 3.83. The highest BCUT2D eigenvalue weighted by atomic mass is 14.8. The van der Waals surface area contributed by atoms with Crippen molar-refractivity contribution >= 4 is 0 Å². The number of benzene rings is 4. The van der Waals surface area contributed by atoms with Gasteiger partial charge in [-0.05, 0) is 23.6 Å². The molecule has 1 aromatic heterocycles. The topological polar surface area (TPSA) is 25.8 Å². The number of nitrogens with zero attached hydrogens (tertiary/aromatic N) is 2. The Balaban J connectivity index is 1.65. The maximum atomic E-state index is 5.07. The summed E-state index contributed by atoms with van der Waals surface area (Å²) in [5, 5.41) is 0. The Hall–Kier alpha value is -4.04. The second kappa shape index (κ2) is 8.37. The molecule has 0 aliphatic heterocycles. The predicted molar refractivity (Wildman–Crippen MR) is 129 cm³/mol. The summed E-state index contributed by atoms with van der Waals surface area (Å²) in [6, 6.07) is 37.6. The van der Waals surface area contributed by atoms with Crippen molar-refractivity contribution in [2.45, 2.75) is 6.92 Å². The fourth-order valence-electron chi connectivity index (χ4n) is 3.83. The van der Waals surface area contributed by atoms with Crippen molar-refractivity contribution in [2.75, 3.05) is 0 Å². The van der Waals surface area contributed by atoms with Gasteiger partial charge in [0.2, 0.25) is 0 Å². The van der Waals surface area contributed by atoms with Crippen LogP contribution in [-0.2, 0) is 0 Å². The van der Waals surface area contributed by atoms with Gasteiger partial charge in [0.1, 0.15) is 0 Å². The zero-order chi connectivity index (χ0) is 21.0. The Kier molecular flexibility index (Phi) is 5.12. The highest BCUT2D eigenvalue weighted by Crippen LogP contribution is 2.33. The molecule has 0 amide bonds. The van der Waals surface area contributed by atoms with E-state index in [-0.39, 0.29) is 0 Å². The molecule has 0 radical (unpaired) electrons. The number of hydrogen-bond donors (Lipinski definition) is 0. The lowest BCUT2D eigenvalue weighted by Crippen LogP contribution is -1.97. The van der Waals surface area contributed by atoms with Crippen molar-refractivity contribution in [3.8, 4) is 44.9 Å². The molecule has 0 spiro atoms. The molecular formula is C29H22N2. The molecule has 0 unspecified atom stereocenters. The molecule has 0 aliphatic rings. The molecule has 0 N–H and O–H groups in total. The number of aromatic nitrogens is 2. The van der Waals surface area contributed by atoms with Crippen LogP contribution in [0.1, 0.15) is 5.56 Å². The lowest BCUT2D eigenvalue weighted by atomic mass is 9.98. The summed E-state index contributed by atoms with van der Waals surface area (Å²) >= 11 is 0. The third-order valence-electron chi connectivity index (χ3n) is 5.51. The molecule has 1 heterocycles. The van der Waals surface area contributed by atoms with Crippen molar-refractivity contribution in [1.82, 2.24) is 9.97 Å². The Labute approximate surface area is 182 Å². The summed E-state index contributed by atoms with van der Waals surface area (Å²) in [6.07, 6.45) is 1.87. The van der Waals surface area contributed by atoms with E-state index in [1.54, 1.807) is 0 Å². The average molecular weight is 399 g/mol. The van der Waals surface area contributed by atoms with Crippen LogP contribution in [-0.4, -0.2) is 9.97 Å². The maximum absolute atomic E-state index is 5.07. The van der Waals surface area contributed by atoms with E-state index in [1.165, 1.54) is 16.7 Å². The molecule has 0 atom stereocenters. The van der Waals surface area contributed by atoms with Gasteiger partial charge in [0.05, 0.1) is 23.3 Å². The summed E-state index contributed by atoms with van der Waals surface area (Å²) in [5.74, 6) is 0. The van der Waals surface area contributed by atoms with E-state index < -0.39 is 0 Å². The molecule has 5 aromatic rings. The number of hydrogen-bond acceptors (Lipinski definition) is 2. The van der Waals surface area contributed by atoms with Gasteiger partial charge in [0.15, 0.2) is 0 Å². The smallest absolute Gasteiger partial charge is 0.0972 e. The van der Waals surface area contributed by atoms with Crippen LogP contribution in [0.15, 0.2) is 115 Å². The first-order valence-corrected chi connectivity index (χ1v) is 10.4. The van der Waals surface area contributed by atoms with E-state index in [2.05, 4.69) is 91.9 Å². The summed E-state index contributed by atoms with van der Waals surface area (Å²) in [6.45, 7) is 2.12. The second-order valence-electron chi connectivity index (χ2n) is 7.58. The molecule has 2 nitrogen and oxygen atoms in total. The van der Waals surface area contributed by atoms with E-state index >= 15 is 0 Å². The van der Waals surface area contributed by atoms with Crippen LogP contribution in [0.5, 0.6) is 0 Å². The van der Waals surface area contributed by atoms with Crippen LogP contribution < -0.4 is 0 Å². The minimum absolute atomic E-state index is 0.875. The van der Waals surface area contributed by atoms with Gasteiger partial charge < -0.3 is 0 Å². The van der Waals surface area contributed by atoms with Crippen molar-refractivity contribution < 1.29 is 0 Å². The van der Waals surface area contributed by atoms with E-state index in [0.717, 1.165) is 33.8 Å². The van der Waals surface area contributed by atoms with E-state index in [4.69, 9.17) is 9.97 Å². The molecular weight excluding hydrogens is 376 g/mol. The van der Waals surface area contributed by atoms with Gasteiger partial charge >= 0.3 is 0 Å². The first kappa shape index (κ1) is 19.0. The summed E-state index contributed by atoms with van der Waals surface area (Å²) in [7, 11) is 0. The average Bonchev–Trinajstić information content (AvgIpc) is 2.85. The van der Waals surface area contributed by atoms with Crippen molar-refractivity contribution in [3.63, 3.8) is 0 Å². The first-order chi connectivity index (χ1) is 15.3. The largest absolute Gasteiger partial charge is 0.252 e. The Morgan fingerprint density at radius 2 is 1.03 bits per heavy atom. The Morgan fingerprint density at radius 3 is 1.71 bits per heavy atom. The monoisotopic (exact) mass is 398 g/mol. The predicted octanol–water partition coefficient (Wildman–Crippen LogP) is 7.45. The van der Waals surface area contributed by atoms with Gasteiger partial charge in [-0.2, -0.15) is 0 Å². The van der Waals surface area contributed by atoms with Crippen LogP contribution >= 0.6 is 0 Å². The molecule has 0 saturated carbocycles. The highest BCUT2D eigenvalue weighted by molar-refractivity contribution is 5.82. The van der Waals surface area contributed by atoms with Gasteiger partial charge in [-0.15, -0.1) is 0 Å². The lowest BCUT2D eigenvalue weighted by molar-refractivity contribution is 1.21. The molecule has 4 aromatic carbocycles.